The van der Waals surface area contributed by atoms with E-state index in [-0.39, 0.29) is 12.1 Å². The zero-order valence-corrected chi connectivity index (χ0v) is 12.7. The van der Waals surface area contributed by atoms with E-state index in [1.54, 1.807) is 0 Å². The molecule has 0 aromatic heterocycles. The van der Waals surface area contributed by atoms with Gasteiger partial charge in [-0.25, -0.2) is 0 Å². The lowest BCUT2D eigenvalue weighted by molar-refractivity contribution is 0.174. The summed E-state index contributed by atoms with van der Waals surface area (Å²) in [6, 6.07) is 17.0. The fourth-order valence-corrected chi connectivity index (χ4v) is 4.39. The van der Waals surface area contributed by atoms with Gasteiger partial charge in [0.15, 0.2) is 0 Å². The fraction of sp³-hybridized carbons (Fsp3) is 0.333. The number of thioether (sulfide) groups is 1. The second-order valence-corrected chi connectivity index (χ2v) is 6.98. The standard InChI is InChI=1S/C18H19NOS/c19-15(10-13-9-12-5-1-2-6-14(12)13)17-11-21-18-8-4-3-7-16(18)20-17/h1-8,13,15,17H,9-11,19H2. The van der Waals surface area contributed by atoms with Crippen LogP contribution in [0.3, 0.4) is 0 Å². The van der Waals surface area contributed by atoms with Crippen LogP contribution in [0, 0.1) is 0 Å². The Kier molecular flexibility index (Phi) is 3.40. The number of rotatable bonds is 3. The second-order valence-electron chi connectivity index (χ2n) is 5.91. The van der Waals surface area contributed by atoms with E-state index in [1.165, 1.54) is 22.4 Å². The third kappa shape index (κ3) is 2.45. The smallest absolute Gasteiger partial charge is 0.133 e. The summed E-state index contributed by atoms with van der Waals surface area (Å²) < 4.78 is 6.11. The Hall–Kier alpha value is -1.45. The van der Waals surface area contributed by atoms with Crippen LogP contribution in [0.2, 0.25) is 0 Å². The van der Waals surface area contributed by atoms with Crippen molar-refractivity contribution in [3.05, 3.63) is 59.7 Å². The van der Waals surface area contributed by atoms with Crippen molar-refractivity contribution < 1.29 is 4.74 Å². The molecular formula is C18H19NOS. The van der Waals surface area contributed by atoms with Crippen molar-refractivity contribution in [2.45, 2.75) is 35.8 Å². The van der Waals surface area contributed by atoms with Crippen LogP contribution in [0.4, 0.5) is 0 Å². The van der Waals surface area contributed by atoms with Gasteiger partial charge in [-0.05, 0) is 42.0 Å². The highest BCUT2D eigenvalue weighted by molar-refractivity contribution is 7.99. The van der Waals surface area contributed by atoms with Gasteiger partial charge in [0.25, 0.3) is 0 Å². The van der Waals surface area contributed by atoms with Gasteiger partial charge in [-0.2, -0.15) is 0 Å². The molecule has 0 saturated carbocycles. The molecule has 2 aliphatic rings. The maximum absolute atomic E-state index is 6.43. The van der Waals surface area contributed by atoms with Crippen molar-refractivity contribution in [3.8, 4) is 5.75 Å². The SMILES string of the molecule is NC(CC1Cc2ccccc21)C1CSc2ccccc2O1. The molecule has 3 heteroatoms. The van der Waals surface area contributed by atoms with Crippen LogP contribution in [-0.4, -0.2) is 17.9 Å². The molecule has 108 valence electrons. The molecular weight excluding hydrogens is 278 g/mol. The van der Waals surface area contributed by atoms with Crippen molar-refractivity contribution in [1.82, 2.24) is 0 Å². The Morgan fingerprint density at radius 2 is 1.95 bits per heavy atom. The van der Waals surface area contributed by atoms with Crippen LogP contribution in [0.25, 0.3) is 0 Å². The van der Waals surface area contributed by atoms with E-state index >= 15 is 0 Å². The van der Waals surface area contributed by atoms with Crippen LogP contribution < -0.4 is 10.5 Å². The maximum Gasteiger partial charge on any atom is 0.133 e. The van der Waals surface area contributed by atoms with E-state index in [1.807, 2.05) is 23.9 Å². The molecule has 1 heterocycles. The molecule has 2 aromatic carbocycles. The Bertz CT molecular complexity index is 657. The number of hydrogen-bond acceptors (Lipinski definition) is 3. The maximum atomic E-state index is 6.43. The molecule has 0 spiro atoms. The summed E-state index contributed by atoms with van der Waals surface area (Å²) in [6.45, 7) is 0. The molecule has 0 amide bonds. The lowest BCUT2D eigenvalue weighted by atomic mass is 9.74. The Labute approximate surface area is 129 Å². The predicted octanol–water partition coefficient (Wildman–Crippen LogP) is 3.60. The lowest BCUT2D eigenvalue weighted by Crippen LogP contribution is -2.44. The van der Waals surface area contributed by atoms with Gasteiger partial charge >= 0.3 is 0 Å². The quantitative estimate of drug-likeness (QED) is 0.940. The molecule has 0 saturated heterocycles. The minimum Gasteiger partial charge on any atom is -0.487 e. The van der Waals surface area contributed by atoms with Gasteiger partial charge in [0.1, 0.15) is 11.9 Å². The number of para-hydroxylation sites is 1. The van der Waals surface area contributed by atoms with Crippen molar-refractivity contribution in [3.63, 3.8) is 0 Å². The summed E-state index contributed by atoms with van der Waals surface area (Å²) in [5.41, 5.74) is 9.40. The molecule has 1 aliphatic heterocycles. The van der Waals surface area contributed by atoms with Gasteiger partial charge in [0.05, 0.1) is 0 Å². The van der Waals surface area contributed by atoms with Gasteiger partial charge in [0.2, 0.25) is 0 Å². The summed E-state index contributed by atoms with van der Waals surface area (Å²) in [5.74, 6) is 2.55. The molecule has 0 fully saturated rings. The van der Waals surface area contributed by atoms with Crippen LogP contribution in [-0.2, 0) is 6.42 Å². The highest BCUT2D eigenvalue weighted by Crippen LogP contribution is 2.40. The zero-order valence-electron chi connectivity index (χ0n) is 11.9. The molecule has 21 heavy (non-hydrogen) atoms. The largest absolute Gasteiger partial charge is 0.487 e. The number of hydrogen-bond donors (Lipinski definition) is 1. The van der Waals surface area contributed by atoms with E-state index in [4.69, 9.17) is 10.5 Å². The van der Waals surface area contributed by atoms with Crippen LogP contribution in [0.5, 0.6) is 5.75 Å². The van der Waals surface area contributed by atoms with Crippen molar-refractivity contribution in [1.29, 1.82) is 0 Å². The van der Waals surface area contributed by atoms with E-state index < -0.39 is 0 Å². The zero-order chi connectivity index (χ0) is 14.2. The third-order valence-corrected chi connectivity index (χ3v) is 5.67. The van der Waals surface area contributed by atoms with Crippen LogP contribution in [0.15, 0.2) is 53.4 Å². The summed E-state index contributed by atoms with van der Waals surface area (Å²) >= 11 is 1.86. The summed E-state index contributed by atoms with van der Waals surface area (Å²) in [5, 5.41) is 0. The fourth-order valence-electron chi connectivity index (χ4n) is 3.30. The minimum atomic E-state index is 0.101. The van der Waals surface area contributed by atoms with Crippen molar-refractivity contribution in [2.24, 2.45) is 5.73 Å². The van der Waals surface area contributed by atoms with E-state index in [9.17, 15) is 0 Å². The summed E-state index contributed by atoms with van der Waals surface area (Å²) in [7, 11) is 0. The van der Waals surface area contributed by atoms with E-state index in [2.05, 4.69) is 36.4 Å². The first-order chi connectivity index (χ1) is 10.3. The third-order valence-electron chi connectivity index (χ3n) is 4.53. The Morgan fingerprint density at radius 3 is 2.86 bits per heavy atom. The second kappa shape index (κ2) is 5.39. The highest BCUT2D eigenvalue weighted by Gasteiger charge is 2.32. The number of ether oxygens (including phenoxy) is 1. The van der Waals surface area contributed by atoms with Gasteiger partial charge in [-0.1, -0.05) is 36.4 Å². The normalized spacial score (nSPS) is 24.2. The lowest BCUT2D eigenvalue weighted by Gasteiger charge is -2.35. The first-order valence-corrected chi connectivity index (χ1v) is 8.51. The van der Waals surface area contributed by atoms with Gasteiger partial charge in [-0.15, -0.1) is 11.8 Å². The number of nitrogens with two attached hydrogens (primary N) is 1. The first-order valence-electron chi connectivity index (χ1n) is 7.53. The molecule has 3 atom stereocenters. The molecule has 4 rings (SSSR count). The Morgan fingerprint density at radius 1 is 1.14 bits per heavy atom. The molecule has 3 unspecified atom stereocenters. The predicted molar refractivity (Wildman–Crippen MR) is 87.1 cm³/mol. The number of benzene rings is 2. The Balaban J connectivity index is 1.42. The monoisotopic (exact) mass is 297 g/mol. The molecule has 2 N–H and O–H groups in total. The molecule has 2 nitrogen and oxygen atoms in total. The molecule has 0 radical (unpaired) electrons. The molecule has 2 aromatic rings. The average molecular weight is 297 g/mol. The van der Waals surface area contributed by atoms with Gasteiger partial charge in [0, 0.05) is 16.7 Å². The van der Waals surface area contributed by atoms with Crippen LogP contribution >= 0.6 is 11.8 Å². The van der Waals surface area contributed by atoms with Crippen molar-refractivity contribution in [2.75, 3.05) is 5.75 Å². The highest BCUT2D eigenvalue weighted by atomic mass is 32.2. The van der Waals surface area contributed by atoms with Crippen LogP contribution in [0.1, 0.15) is 23.5 Å². The topological polar surface area (TPSA) is 35.2 Å². The number of fused-ring (bicyclic) bond motifs is 2. The minimum absolute atomic E-state index is 0.101. The average Bonchev–Trinajstić information content (AvgIpc) is 2.52. The molecule has 1 aliphatic carbocycles. The van der Waals surface area contributed by atoms with E-state index in [0.717, 1.165) is 17.9 Å². The summed E-state index contributed by atoms with van der Waals surface area (Å²) in [4.78, 5) is 1.23. The molecule has 0 bridgehead atoms. The van der Waals surface area contributed by atoms with Crippen molar-refractivity contribution >= 4 is 11.8 Å². The van der Waals surface area contributed by atoms with Gasteiger partial charge in [-0.3, -0.25) is 0 Å². The van der Waals surface area contributed by atoms with Gasteiger partial charge < -0.3 is 10.5 Å². The first kappa shape index (κ1) is 13.2. The van der Waals surface area contributed by atoms with E-state index in [0.29, 0.717) is 5.92 Å². The summed E-state index contributed by atoms with van der Waals surface area (Å²) in [6.07, 6.45) is 2.31.